The van der Waals surface area contributed by atoms with Crippen LogP contribution in [0, 0.1) is 20.8 Å². The fourth-order valence-electron chi connectivity index (χ4n) is 3.65. The molecule has 1 atom stereocenters. The van der Waals surface area contributed by atoms with E-state index >= 15 is 0 Å². The number of nitrogens with zero attached hydrogens (tertiary/aromatic N) is 6. The number of rotatable bonds is 6. The van der Waals surface area contributed by atoms with Crippen LogP contribution in [-0.4, -0.2) is 69.4 Å². The van der Waals surface area contributed by atoms with Gasteiger partial charge in [-0.15, -0.1) is 0 Å². The molecule has 0 bridgehead atoms. The van der Waals surface area contributed by atoms with Gasteiger partial charge in [0.25, 0.3) is 0 Å². The van der Waals surface area contributed by atoms with Gasteiger partial charge in [-0.25, -0.2) is 19.9 Å². The molecule has 0 aliphatic carbocycles. The van der Waals surface area contributed by atoms with Gasteiger partial charge in [0.15, 0.2) is 0 Å². The summed E-state index contributed by atoms with van der Waals surface area (Å²) in [6, 6.07) is 3.89. The van der Waals surface area contributed by atoms with Crippen molar-refractivity contribution >= 4 is 17.7 Å². The molecule has 8 nitrogen and oxygen atoms in total. The molecular formula is C22H31N7O. The number of carbonyl (C=O) groups is 1. The number of likely N-dealkylation sites (N-methyl/N-ethyl adjacent to an activating group) is 1. The number of nitrogens with one attached hydrogen (secondary N) is 1. The van der Waals surface area contributed by atoms with E-state index in [1.807, 2.05) is 62.9 Å². The molecule has 0 radical (unpaired) electrons. The highest BCUT2D eigenvalue weighted by atomic mass is 16.2. The molecule has 1 N–H and O–H groups in total. The van der Waals surface area contributed by atoms with Crippen LogP contribution in [0.4, 0.5) is 11.8 Å². The van der Waals surface area contributed by atoms with Gasteiger partial charge in [-0.2, -0.15) is 0 Å². The minimum absolute atomic E-state index is 0.0642. The number of piperidine rings is 1. The summed E-state index contributed by atoms with van der Waals surface area (Å²) in [4.78, 5) is 34.5. The molecule has 30 heavy (non-hydrogen) atoms. The number of aromatic nitrogens is 4. The quantitative estimate of drug-likeness (QED) is 0.734. The molecule has 0 unspecified atom stereocenters. The smallest absolute Gasteiger partial charge is 0.246 e. The van der Waals surface area contributed by atoms with Crippen molar-refractivity contribution in [2.45, 2.75) is 39.5 Å². The van der Waals surface area contributed by atoms with Crippen LogP contribution in [0.2, 0.25) is 0 Å². The average Bonchev–Trinajstić information content (AvgIpc) is 2.66. The van der Waals surface area contributed by atoms with E-state index in [9.17, 15) is 4.79 Å². The Morgan fingerprint density at radius 2 is 1.90 bits per heavy atom. The van der Waals surface area contributed by atoms with E-state index in [1.54, 1.807) is 6.08 Å². The molecule has 1 amide bonds. The van der Waals surface area contributed by atoms with Gasteiger partial charge in [0.05, 0.1) is 5.69 Å². The lowest BCUT2D eigenvalue weighted by atomic mass is 9.94. The third-order valence-corrected chi connectivity index (χ3v) is 4.96. The summed E-state index contributed by atoms with van der Waals surface area (Å²) in [5.74, 6) is 2.15. The summed E-state index contributed by atoms with van der Waals surface area (Å²) in [5.41, 5.74) is 2.75. The molecule has 3 rings (SSSR count). The van der Waals surface area contributed by atoms with Crippen LogP contribution in [-0.2, 0) is 4.79 Å². The molecule has 2 aromatic rings. The van der Waals surface area contributed by atoms with Gasteiger partial charge in [-0.05, 0) is 53.8 Å². The maximum Gasteiger partial charge on any atom is 0.246 e. The highest BCUT2D eigenvalue weighted by Crippen LogP contribution is 2.27. The zero-order valence-corrected chi connectivity index (χ0v) is 18.5. The number of anilines is 2. The monoisotopic (exact) mass is 409 g/mol. The molecule has 3 heterocycles. The second kappa shape index (κ2) is 9.75. The lowest BCUT2D eigenvalue weighted by Crippen LogP contribution is -2.38. The Kier molecular flexibility index (Phi) is 7.10. The van der Waals surface area contributed by atoms with E-state index in [1.165, 1.54) is 0 Å². The third kappa shape index (κ3) is 6.06. The lowest BCUT2D eigenvalue weighted by Gasteiger charge is -2.32. The molecule has 160 valence electrons. The molecule has 1 saturated heterocycles. The van der Waals surface area contributed by atoms with E-state index < -0.39 is 0 Å². The number of hydrogen-bond donors (Lipinski definition) is 1. The fourth-order valence-corrected chi connectivity index (χ4v) is 3.65. The van der Waals surface area contributed by atoms with Crippen molar-refractivity contribution in [2.75, 3.05) is 39.0 Å². The van der Waals surface area contributed by atoms with E-state index in [0.29, 0.717) is 24.1 Å². The first-order valence-corrected chi connectivity index (χ1v) is 10.3. The predicted octanol–water partition coefficient (Wildman–Crippen LogP) is 2.76. The van der Waals surface area contributed by atoms with Gasteiger partial charge in [0.1, 0.15) is 11.6 Å². The van der Waals surface area contributed by atoms with Crippen molar-refractivity contribution in [1.82, 2.24) is 29.7 Å². The van der Waals surface area contributed by atoms with E-state index in [2.05, 4.69) is 25.3 Å². The third-order valence-electron chi connectivity index (χ3n) is 4.96. The molecule has 0 spiro atoms. The molecule has 2 aromatic heterocycles. The van der Waals surface area contributed by atoms with Crippen molar-refractivity contribution < 1.29 is 4.79 Å². The Hall–Kier alpha value is -2.87. The van der Waals surface area contributed by atoms with Gasteiger partial charge in [-0.1, -0.05) is 6.08 Å². The summed E-state index contributed by atoms with van der Waals surface area (Å²) in [5, 5.41) is 3.21. The van der Waals surface area contributed by atoms with Crippen molar-refractivity contribution in [3.63, 3.8) is 0 Å². The first-order chi connectivity index (χ1) is 14.3. The second-order valence-corrected chi connectivity index (χ2v) is 8.11. The molecule has 0 saturated carbocycles. The number of hydrogen-bond acceptors (Lipinski definition) is 7. The van der Waals surface area contributed by atoms with Crippen molar-refractivity contribution in [2.24, 2.45) is 0 Å². The highest BCUT2D eigenvalue weighted by molar-refractivity contribution is 5.87. The largest absolute Gasteiger partial charge is 0.339 e. The molecule has 1 aliphatic heterocycles. The SMILES string of the molecule is Cc1cc(C)nc(Nc2cc([C@H]3CCCN(C(=O)/C=C/CN(C)C)C3)nc(C)n2)n1. The number of amides is 1. The molecular weight excluding hydrogens is 378 g/mol. The van der Waals surface area contributed by atoms with E-state index in [-0.39, 0.29) is 11.8 Å². The Balaban J connectivity index is 1.73. The maximum absolute atomic E-state index is 12.6. The highest BCUT2D eigenvalue weighted by Gasteiger charge is 2.25. The Morgan fingerprint density at radius 1 is 1.17 bits per heavy atom. The minimum Gasteiger partial charge on any atom is -0.339 e. The van der Waals surface area contributed by atoms with Gasteiger partial charge >= 0.3 is 0 Å². The Morgan fingerprint density at radius 3 is 2.60 bits per heavy atom. The van der Waals surface area contributed by atoms with Crippen LogP contribution in [0.3, 0.4) is 0 Å². The van der Waals surface area contributed by atoms with Crippen molar-refractivity contribution in [1.29, 1.82) is 0 Å². The first kappa shape index (κ1) is 21.8. The summed E-state index contributed by atoms with van der Waals surface area (Å²) in [6.45, 7) is 7.97. The van der Waals surface area contributed by atoms with Gasteiger partial charge in [0.2, 0.25) is 11.9 Å². The van der Waals surface area contributed by atoms with Crippen LogP contribution < -0.4 is 5.32 Å². The standard InChI is InChI=1S/C22H31N7O/c1-15-12-16(2)24-22(23-15)27-20-13-19(25-17(3)26-20)18-8-6-11-29(14-18)21(30)9-7-10-28(4)5/h7,9,12-13,18H,6,8,10-11,14H2,1-5H3,(H,23,24,25,26,27)/b9-7+/t18-/m0/s1. The Labute approximate surface area is 178 Å². The summed E-state index contributed by atoms with van der Waals surface area (Å²) in [7, 11) is 3.97. The molecule has 1 aliphatic rings. The minimum atomic E-state index is 0.0642. The van der Waals surface area contributed by atoms with Crippen LogP contribution in [0.5, 0.6) is 0 Å². The predicted molar refractivity (Wildman–Crippen MR) is 118 cm³/mol. The summed E-state index contributed by atoms with van der Waals surface area (Å²) in [6.07, 6.45) is 5.55. The van der Waals surface area contributed by atoms with Crippen LogP contribution in [0.15, 0.2) is 24.3 Å². The number of aryl methyl sites for hydroxylation is 3. The zero-order valence-electron chi connectivity index (χ0n) is 18.5. The van der Waals surface area contributed by atoms with E-state index in [4.69, 9.17) is 0 Å². The Bertz CT molecular complexity index is 905. The van der Waals surface area contributed by atoms with E-state index in [0.717, 1.165) is 43.0 Å². The summed E-state index contributed by atoms with van der Waals surface area (Å²) < 4.78 is 0. The topological polar surface area (TPSA) is 87.1 Å². The van der Waals surface area contributed by atoms with Crippen LogP contribution >= 0.6 is 0 Å². The average molecular weight is 410 g/mol. The molecule has 1 fully saturated rings. The van der Waals surface area contributed by atoms with Gasteiger partial charge in [0, 0.05) is 49.1 Å². The van der Waals surface area contributed by atoms with Crippen molar-refractivity contribution in [3.8, 4) is 0 Å². The molecule has 0 aromatic carbocycles. The zero-order chi connectivity index (χ0) is 21.7. The lowest BCUT2D eigenvalue weighted by molar-refractivity contribution is -0.127. The van der Waals surface area contributed by atoms with Crippen LogP contribution in [0.1, 0.15) is 41.7 Å². The van der Waals surface area contributed by atoms with Crippen molar-refractivity contribution in [3.05, 3.63) is 47.2 Å². The fraction of sp³-hybridized carbons (Fsp3) is 0.500. The van der Waals surface area contributed by atoms with Crippen LogP contribution in [0.25, 0.3) is 0 Å². The maximum atomic E-state index is 12.6. The number of carbonyl (C=O) groups excluding carboxylic acids is 1. The normalized spacial score (nSPS) is 17.0. The first-order valence-electron chi connectivity index (χ1n) is 10.3. The second-order valence-electron chi connectivity index (χ2n) is 8.11. The molecule has 8 heteroatoms. The number of likely N-dealkylation sites (tertiary alicyclic amines) is 1. The van der Waals surface area contributed by atoms with Gasteiger partial charge in [-0.3, -0.25) is 4.79 Å². The summed E-state index contributed by atoms with van der Waals surface area (Å²) >= 11 is 0. The van der Waals surface area contributed by atoms with Gasteiger partial charge < -0.3 is 15.1 Å².